The van der Waals surface area contributed by atoms with Crippen LogP contribution in [0.15, 0.2) is 170 Å². The molecule has 70 heavy (non-hydrogen) atoms. The summed E-state index contributed by atoms with van der Waals surface area (Å²) in [6.45, 7) is 0. The molecule has 0 unspecified atom stereocenters. The minimum Gasteiger partial charge on any atom is -0.480 e. The minimum atomic E-state index is -1.35. The zero-order valence-electron chi connectivity index (χ0n) is 38.5. The number of benzene rings is 6. The number of rotatable bonds is 13. The van der Waals surface area contributed by atoms with E-state index in [0.717, 1.165) is 22.3 Å². The van der Waals surface area contributed by atoms with E-state index in [1.165, 1.54) is 0 Å². The van der Waals surface area contributed by atoms with Crippen LogP contribution in [-0.4, -0.2) is 76.7 Å². The Morgan fingerprint density at radius 3 is 1.60 bits per heavy atom. The molecule has 6 aromatic rings. The van der Waals surface area contributed by atoms with Crippen LogP contribution < -0.4 is 31.9 Å². The van der Waals surface area contributed by atoms with Crippen molar-refractivity contribution >= 4 is 47.1 Å². The number of hydrogen-bond donors (Lipinski definition) is 7. The molecule has 0 fully saturated rings. The van der Waals surface area contributed by atoms with E-state index in [0.29, 0.717) is 28.8 Å². The van der Waals surface area contributed by atoms with E-state index in [9.17, 15) is 38.7 Å². The molecule has 2 heterocycles. The normalized spacial score (nSPS) is 18.7. The van der Waals surface area contributed by atoms with Gasteiger partial charge in [0.25, 0.3) is 0 Å². The van der Waals surface area contributed by atoms with Crippen LogP contribution in [0.4, 0.5) is 5.69 Å². The molecule has 0 spiro atoms. The van der Waals surface area contributed by atoms with Crippen molar-refractivity contribution in [2.24, 2.45) is 0 Å². The molecule has 2 aliphatic rings. The van der Waals surface area contributed by atoms with E-state index in [4.69, 9.17) is 0 Å². The van der Waals surface area contributed by atoms with Gasteiger partial charge in [-0.05, 0) is 63.9 Å². The van der Waals surface area contributed by atoms with E-state index in [1.807, 2.05) is 103 Å². The molecule has 358 valence electrons. The first kappa shape index (κ1) is 49.5. The Bertz CT molecular complexity index is 2720. The third-order valence-corrected chi connectivity index (χ3v) is 12.1. The number of anilines is 1. The molecule has 6 amide bonds. The fourth-order valence-corrected chi connectivity index (χ4v) is 8.22. The van der Waals surface area contributed by atoms with Gasteiger partial charge in [-0.2, -0.15) is 0 Å². The Kier molecular flexibility index (Phi) is 17.4. The minimum absolute atomic E-state index is 0.00924. The second-order valence-electron chi connectivity index (χ2n) is 17.3. The number of carboxylic acids is 1. The molecule has 14 nitrogen and oxygen atoms in total. The molecule has 8 rings (SSSR count). The van der Waals surface area contributed by atoms with Gasteiger partial charge in [-0.3, -0.25) is 28.8 Å². The number of amides is 6. The van der Waals surface area contributed by atoms with Gasteiger partial charge in [0, 0.05) is 44.2 Å². The lowest BCUT2D eigenvalue weighted by Crippen LogP contribution is -2.59. The average molecular weight is 941 g/mol. The van der Waals surface area contributed by atoms with E-state index in [2.05, 4.69) is 31.9 Å². The van der Waals surface area contributed by atoms with Crippen molar-refractivity contribution in [3.8, 4) is 11.1 Å². The van der Waals surface area contributed by atoms with E-state index < -0.39 is 71.6 Å². The fourth-order valence-electron chi connectivity index (χ4n) is 8.22. The van der Waals surface area contributed by atoms with Crippen molar-refractivity contribution in [2.75, 3.05) is 5.32 Å². The van der Waals surface area contributed by atoms with E-state index in [-0.39, 0.29) is 44.9 Å². The zero-order valence-corrected chi connectivity index (χ0v) is 38.5. The molecule has 0 saturated carbocycles. The molecule has 7 N–H and O–H groups in total. The molecule has 0 radical (unpaired) electrons. The van der Waals surface area contributed by atoms with Crippen LogP contribution in [0, 0.1) is 0 Å². The smallest absolute Gasteiger partial charge is 0.326 e. The number of fused-ring (bicyclic) bond motifs is 18. The van der Waals surface area contributed by atoms with Gasteiger partial charge in [0.2, 0.25) is 35.4 Å². The van der Waals surface area contributed by atoms with Crippen LogP contribution in [0.2, 0.25) is 0 Å². The molecule has 2 aliphatic heterocycles. The summed E-state index contributed by atoms with van der Waals surface area (Å²) in [5, 5.41) is 27.0. The van der Waals surface area contributed by atoms with Gasteiger partial charge in [-0.15, -0.1) is 0 Å². The number of hydrogen-bond acceptors (Lipinski definition) is 7. The summed E-state index contributed by atoms with van der Waals surface area (Å²) < 4.78 is 0. The van der Waals surface area contributed by atoms with Gasteiger partial charge < -0.3 is 37.0 Å². The first-order valence-electron chi connectivity index (χ1n) is 23.3. The molecule has 5 atom stereocenters. The Morgan fingerprint density at radius 2 is 1.00 bits per heavy atom. The third-order valence-electron chi connectivity index (χ3n) is 12.1. The van der Waals surface area contributed by atoms with Crippen LogP contribution in [-0.2, 0) is 65.7 Å². The number of carbonyl (C=O) groups is 7. The average Bonchev–Trinajstić information content (AvgIpc) is 3.37. The number of aliphatic carboxylic acids is 1. The van der Waals surface area contributed by atoms with Crippen molar-refractivity contribution in [3.05, 3.63) is 198 Å². The number of nitrogens with one attached hydrogen (secondary N) is 6. The highest BCUT2D eigenvalue weighted by atomic mass is 16.4. The third kappa shape index (κ3) is 14.8. The highest BCUT2D eigenvalue weighted by Gasteiger charge is 2.33. The SMILES string of the molecule is O=C1CCC(=O)N[C@H](Cc2ccccc2)C(=O)N[C@@H](Cc2ccc(-c3ccccc3)cc2)C(=O)N[C@H](CCc2ccccc2)C(=O)N[C@H](C(=O)N[C@@H](Cc2ccccc2)C(=O)O)Cc2ccc(cc2)N1. The van der Waals surface area contributed by atoms with Crippen molar-refractivity contribution in [3.63, 3.8) is 0 Å². The molecule has 2 bridgehead atoms. The van der Waals surface area contributed by atoms with Gasteiger partial charge in [0.1, 0.15) is 30.2 Å². The van der Waals surface area contributed by atoms with Gasteiger partial charge >= 0.3 is 5.97 Å². The monoisotopic (exact) mass is 940 g/mol. The zero-order chi connectivity index (χ0) is 49.2. The lowest BCUT2D eigenvalue weighted by molar-refractivity contribution is -0.142. The molecule has 0 aliphatic carbocycles. The molecule has 6 aromatic carbocycles. The summed E-state index contributed by atoms with van der Waals surface area (Å²) >= 11 is 0. The quantitative estimate of drug-likeness (QED) is 0.0734. The second-order valence-corrected chi connectivity index (χ2v) is 17.3. The second kappa shape index (κ2) is 24.6. The largest absolute Gasteiger partial charge is 0.480 e. The number of carbonyl (C=O) groups excluding carboxylic acids is 6. The molecule has 14 heteroatoms. The summed E-state index contributed by atoms with van der Waals surface area (Å²) in [6, 6.07) is 44.7. The highest BCUT2D eigenvalue weighted by molar-refractivity contribution is 5.97. The van der Waals surface area contributed by atoms with Crippen LogP contribution in [0.25, 0.3) is 11.1 Å². The predicted octanol–water partition coefficient (Wildman–Crippen LogP) is 5.50. The molecule has 0 aromatic heterocycles. The first-order chi connectivity index (χ1) is 33.9. The Hall–Kier alpha value is -8.39. The lowest BCUT2D eigenvalue weighted by Gasteiger charge is -2.27. The van der Waals surface area contributed by atoms with Crippen LogP contribution in [0.5, 0.6) is 0 Å². The van der Waals surface area contributed by atoms with Crippen LogP contribution in [0.1, 0.15) is 47.1 Å². The van der Waals surface area contributed by atoms with Crippen molar-refractivity contribution in [1.82, 2.24) is 26.6 Å². The maximum absolute atomic E-state index is 14.8. The molecule has 0 saturated heterocycles. The summed E-state index contributed by atoms with van der Waals surface area (Å²) in [5.74, 6) is -5.15. The van der Waals surface area contributed by atoms with Gasteiger partial charge in [0.05, 0.1) is 0 Å². The summed E-state index contributed by atoms with van der Waals surface area (Å²) in [5.41, 5.74) is 5.87. The highest BCUT2D eigenvalue weighted by Crippen LogP contribution is 2.21. The van der Waals surface area contributed by atoms with Crippen molar-refractivity contribution in [1.29, 1.82) is 0 Å². The number of aryl methyl sites for hydroxylation is 1. The number of carboxylic acid groups (broad SMARTS) is 1. The van der Waals surface area contributed by atoms with Crippen molar-refractivity contribution < 1.29 is 38.7 Å². The van der Waals surface area contributed by atoms with E-state index in [1.54, 1.807) is 66.7 Å². The summed E-state index contributed by atoms with van der Waals surface area (Å²) in [7, 11) is 0. The standard InChI is InChI=1S/C56H56N6O8/c63-50-31-32-51(64)58-46(33-38-15-7-2-8-16-38)53(66)61-47(34-40-21-26-43(27-22-40)42-19-11-4-12-20-42)54(67)59-45(30-25-37-13-5-1-6-14-37)52(65)60-48(35-41-23-28-44(57-50)29-24-41)55(68)62-49(56(69)70)36-39-17-9-3-10-18-39/h1-24,26-29,45-49H,25,30-36H2,(H,57,63)(H,58,64)(H,59,67)(H,60,65)(H,61,66)(H,62,68)(H,69,70)/t45-,46-,47+,48+,49+/m1/s1. The van der Waals surface area contributed by atoms with Gasteiger partial charge in [-0.1, -0.05) is 158 Å². The van der Waals surface area contributed by atoms with Gasteiger partial charge in [-0.25, -0.2) is 4.79 Å². The summed E-state index contributed by atoms with van der Waals surface area (Å²) in [4.78, 5) is 97.4. The Labute approximate surface area is 406 Å². The topological polar surface area (TPSA) is 212 Å². The Balaban J connectivity index is 1.23. The van der Waals surface area contributed by atoms with E-state index >= 15 is 0 Å². The predicted molar refractivity (Wildman–Crippen MR) is 266 cm³/mol. The molecular formula is C56H56N6O8. The van der Waals surface area contributed by atoms with Crippen LogP contribution in [0.3, 0.4) is 0 Å². The first-order valence-corrected chi connectivity index (χ1v) is 23.3. The maximum atomic E-state index is 14.8. The van der Waals surface area contributed by atoms with Crippen molar-refractivity contribution in [2.45, 2.75) is 81.6 Å². The molecular weight excluding hydrogens is 885 g/mol. The fraction of sp³-hybridized carbons (Fsp3) is 0.232. The van der Waals surface area contributed by atoms with Crippen LogP contribution >= 0.6 is 0 Å². The Morgan fingerprint density at radius 1 is 0.514 bits per heavy atom. The van der Waals surface area contributed by atoms with Gasteiger partial charge in [0.15, 0.2) is 0 Å². The summed E-state index contributed by atoms with van der Waals surface area (Å²) in [6.07, 6.45) is -0.0914. The lowest BCUT2D eigenvalue weighted by atomic mass is 9.98. The maximum Gasteiger partial charge on any atom is 0.326 e.